The van der Waals surface area contributed by atoms with Crippen LogP contribution in [0.2, 0.25) is 0 Å². The number of hydrogen-bond acceptors (Lipinski definition) is 11. The van der Waals surface area contributed by atoms with Gasteiger partial charge in [-0.1, -0.05) is 36.4 Å². The third-order valence-corrected chi connectivity index (χ3v) is 12.0. The van der Waals surface area contributed by atoms with Crippen molar-refractivity contribution >= 4 is 23.7 Å². The molecule has 14 heteroatoms. The number of hydrogen-bond donors (Lipinski definition) is 1. The van der Waals surface area contributed by atoms with E-state index in [4.69, 9.17) is 28.9 Å². The van der Waals surface area contributed by atoms with E-state index in [1.165, 1.54) is 0 Å². The molecule has 8 rings (SSSR count). The van der Waals surface area contributed by atoms with Gasteiger partial charge in [0.05, 0.1) is 42.0 Å². The highest BCUT2D eigenvalue weighted by Gasteiger charge is 2.50. The maximum Gasteiger partial charge on any atom is 0.412 e. The molecule has 4 atom stereocenters. The van der Waals surface area contributed by atoms with E-state index in [-0.39, 0.29) is 37.8 Å². The summed E-state index contributed by atoms with van der Waals surface area (Å²) in [4.78, 5) is 42.2. The number of amides is 2. The lowest BCUT2D eigenvalue weighted by molar-refractivity contribution is -0.0855. The van der Waals surface area contributed by atoms with Gasteiger partial charge in [-0.3, -0.25) is 10.2 Å². The molecule has 2 amide bonds. The van der Waals surface area contributed by atoms with Crippen molar-refractivity contribution in [2.45, 2.75) is 114 Å². The lowest BCUT2D eigenvalue weighted by Gasteiger charge is -2.44. The van der Waals surface area contributed by atoms with Crippen molar-refractivity contribution in [3.8, 4) is 12.1 Å². The van der Waals surface area contributed by atoms with Crippen LogP contribution < -0.4 is 15.0 Å². The maximum absolute atomic E-state index is 14.7. The van der Waals surface area contributed by atoms with Crippen molar-refractivity contribution in [2.24, 2.45) is 0 Å². The minimum atomic E-state index is -0.889. The predicted molar refractivity (Wildman–Crippen MR) is 210 cm³/mol. The number of nitriles is 1. The number of piperazine rings is 1. The molecule has 3 fully saturated rings. The molecule has 0 saturated carbocycles. The number of alkyl halides is 1. The van der Waals surface area contributed by atoms with Crippen LogP contribution in [0.4, 0.5) is 25.5 Å². The van der Waals surface area contributed by atoms with Crippen LogP contribution in [0, 0.1) is 11.3 Å². The second kappa shape index (κ2) is 15.7. The Kier molecular flexibility index (Phi) is 10.7. The first kappa shape index (κ1) is 38.9. The molecule has 1 spiro atoms. The Morgan fingerprint density at radius 3 is 2.72 bits per heavy atom. The van der Waals surface area contributed by atoms with E-state index < -0.39 is 35.6 Å². The molecule has 1 aromatic heterocycles. The van der Waals surface area contributed by atoms with E-state index in [0.717, 1.165) is 66.6 Å². The van der Waals surface area contributed by atoms with Crippen LogP contribution in [0.3, 0.4) is 0 Å². The average molecular weight is 782 g/mol. The minimum Gasteiger partial charge on any atom is -0.461 e. The van der Waals surface area contributed by atoms with Crippen LogP contribution in [0.25, 0.3) is 0 Å². The fourth-order valence-corrected chi connectivity index (χ4v) is 9.42. The molecule has 0 unspecified atom stereocenters. The first-order valence-electron chi connectivity index (χ1n) is 20.2. The number of rotatable bonds is 8. The third kappa shape index (κ3) is 8.23. The van der Waals surface area contributed by atoms with E-state index in [9.17, 15) is 19.2 Å². The molecular formula is C43H52FN7O6. The van der Waals surface area contributed by atoms with Crippen molar-refractivity contribution in [1.29, 1.82) is 5.26 Å². The molecule has 57 heavy (non-hydrogen) atoms. The number of aromatic nitrogens is 2. The molecule has 2 aromatic carbocycles. The number of carbonyl (C=O) groups is 2. The number of anilines is 2. The van der Waals surface area contributed by atoms with Crippen molar-refractivity contribution in [2.75, 3.05) is 49.5 Å². The largest absolute Gasteiger partial charge is 0.461 e. The smallest absolute Gasteiger partial charge is 0.412 e. The number of ether oxygens (including phenoxy) is 4. The highest BCUT2D eigenvalue weighted by Crippen LogP contribution is 2.47. The van der Waals surface area contributed by atoms with Crippen LogP contribution in [-0.2, 0) is 45.9 Å². The zero-order valence-electron chi connectivity index (χ0n) is 33.1. The van der Waals surface area contributed by atoms with Gasteiger partial charge in [-0.05, 0) is 88.2 Å². The van der Waals surface area contributed by atoms with Crippen molar-refractivity contribution in [3.63, 3.8) is 0 Å². The fraction of sp³-hybridized carbons (Fsp3) is 0.558. The number of aryl methyl sites for hydroxylation is 1. The summed E-state index contributed by atoms with van der Waals surface area (Å²) in [5.74, 6) is 0.650. The monoisotopic (exact) mass is 781 g/mol. The van der Waals surface area contributed by atoms with Gasteiger partial charge < -0.3 is 28.7 Å². The molecule has 5 heterocycles. The lowest BCUT2D eigenvalue weighted by Crippen LogP contribution is -2.56. The summed E-state index contributed by atoms with van der Waals surface area (Å²) in [5, 5.41) is 12.7. The number of nitrogens with zero attached hydrogens (tertiary/aromatic N) is 6. The van der Waals surface area contributed by atoms with Gasteiger partial charge in [0.2, 0.25) is 0 Å². The van der Waals surface area contributed by atoms with Gasteiger partial charge in [-0.15, -0.1) is 0 Å². The average Bonchev–Trinajstić information content (AvgIpc) is 3.71. The maximum atomic E-state index is 14.7. The summed E-state index contributed by atoms with van der Waals surface area (Å²) < 4.78 is 39.4. The second-order valence-electron chi connectivity index (χ2n) is 17.1. The Labute approximate surface area is 333 Å². The number of fused-ring (bicyclic) bond motifs is 4. The molecule has 3 aromatic rings. The highest BCUT2D eigenvalue weighted by atomic mass is 19.1. The summed E-state index contributed by atoms with van der Waals surface area (Å²) >= 11 is 0. The van der Waals surface area contributed by atoms with Crippen LogP contribution in [0.5, 0.6) is 6.01 Å². The molecule has 13 nitrogen and oxygen atoms in total. The molecule has 4 aliphatic heterocycles. The van der Waals surface area contributed by atoms with E-state index in [1.807, 2.05) is 69.3 Å². The summed E-state index contributed by atoms with van der Waals surface area (Å²) in [7, 11) is 0. The SMILES string of the molecule is CC(C)(C)OC(=O)Nc1ccc2c(c1)[C@]1(CCC2)Cc2nc(OC[C@@]34CCCN3C[C@H](F)C4)nc(N3CCN(C(=O)OCc4ccccc4)[C@@H](CC#N)C3)c2CO1. The molecular weight excluding hydrogens is 730 g/mol. The Morgan fingerprint density at radius 2 is 1.91 bits per heavy atom. The van der Waals surface area contributed by atoms with Crippen LogP contribution in [0.1, 0.15) is 87.2 Å². The number of halogens is 1. The normalized spacial score (nSPS) is 25.6. The molecule has 1 N–H and O–H groups in total. The first-order chi connectivity index (χ1) is 27.4. The fourth-order valence-electron chi connectivity index (χ4n) is 9.42. The van der Waals surface area contributed by atoms with Crippen LogP contribution in [0.15, 0.2) is 48.5 Å². The Bertz CT molecular complexity index is 2020. The number of nitrogens with one attached hydrogen (secondary N) is 1. The number of benzene rings is 2. The molecule has 1 aliphatic carbocycles. The zero-order chi connectivity index (χ0) is 39.8. The van der Waals surface area contributed by atoms with Gasteiger partial charge in [-0.25, -0.2) is 14.0 Å². The van der Waals surface area contributed by atoms with Gasteiger partial charge >= 0.3 is 18.2 Å². The topological polar surface area (TPSA) is 142 Å². The summed E-state index contributed by atoms with van der Waals surface area (Å²) in [5.41, 5.74) is 3.59. The van der Waals surface area contributed by atoms with Gasteiger partial charge in [0.15, 0.2) is 0 Å². The lowest BCUT2D eigenvalue weighted by atomic mass is 9.74. The van der Waals surface area contributed by atoms with E-state index in [2.05, 4.69) is 21.2 Å². The van der Waals surface area contributed by atoms with E-state index in [0.29, 0.717) is 50.5 Å². The highest BCUT2D eigenvalue weighted by molar-refractivity contribution is 5.85. The summed E-state index contributed by atoms with van der Waals surface area (Å²) in [6, 6.07) is 17.5. The molecule has 3 saturated heterocycles. The minimum absolute atomic E-state index is 0.117. The van der Waals surface area contributed by atoms with Gasteiger partial charge in [-0.2, -0.15) is 15.2 Å². The first-order valence-corrected chi connectivity index (χ1v) is 20.2. The van der Waals surface area contributed by atoms with Crippen molar-refractivity contribution in [1.82, 2.24) is 19.8 Å². The summed E-state index contributed by atoms with van der Waals surface area (Å²) in [6.07, 6.45) is 3.54. The Morgan fingerprint density at radius 1 is 1.07 bits per heavy atom. The van der Waals surface area contributed by atoms with Gasteiger partial charge in [0, 0.05) is 50.3 Å². The standard InChI is InChI=1S/C43H52FN7O6/c1-41(2,3)57-39(52)46-32-13-12-30-11-7-16-43(35(30)21-32)23-36-34(27-56-43)37(48-38(47-36)55-28-42-15-8-18-50(42)24-31(44)22-42)49-19-20-51(33(25-49)14-17-45)40(53)54-26-29-9-5-4-6-10-29/h4-6,9-10,12-13,21,31,33H,7-8,11,14-16,18-20,22-28H2,1-3H3,(H,46,52)/t31-,33+,42+,43+/m1/s1. The second-order valence-corrected chi connectivity index (χ2v) is 17.1. The Balaban J connectivity index is 1.09. The van der Waals surface area contributed by atoms with Crippen molar-refractivity contribution < 1.29 is 32.9 Å². The van der Waals surface area contributed by atoms with Crippen LogP contribution >= 0.6 is 0 Å². The van der Waals surface area contributed by atoms with E-state index in [1.54, 1.807) is 4.90 Å². The quantitative estimate of drug-likeness (QED) is 0.257. The summed E-state index contributed by atoms with van der Waals surface area (Å²) in [6.45, 7) is 8.54. The molecule has 0 radical (unpaired) electrons. The predicted octanol–water partition coefficient (Wildman–Crippen LogP) is 6.82. The van der Waals surface area contributed by atoms with Crippen molar-refractivity contribution in [3.05, 3.63) is 76.5 Å². The zero-order valence-corrected chi connectivity index (χ0v) is 33.1. The van der Waals surface area contributed by atoms with Gasteiger partial charge in [0.1, 0.15) is 30.8 Å². The Hall–Kier alpha value is -5.00. The van der Waals surface area contributed by atoms with Gasteiger partial charge in [0.25, 0.3) is 0 Å². The molecule has 5 aliphatic rings. The number of carbonyl (C=O) groups excluding carboxylic acids is 2. The van der Waals surface area contributed by atoms with E-state index >= 15 is 0 Å². The van der Waals surface area contributed by atoms with Crippen LogP contribution in [-0.4, -0.2) is 94.6 Å². The molecule has 0 bridgehead atoms. The third-order valence-electron chi connectivity index (χ3n) is 12.0. The molecule has 302 valence electrons.